The highest BCUT2D eigenvalue weighted by Crippen LogP contribution is 2.35. The minimum Gasteiger partial charge on any atom is -0.393 e. The molecule has 0 spiro atoms. The lowest BCUT2D eigenvalue weighted by Gasteiger charge is -2.37. The topological polar surface area (TPSA) is 65.5 Å². The minimum absolute atomic E-state index is 0.0758. The van der Waals surface area contributed by atoms with E-state index in [4.69, 9.17) is 0 Å². The predicted octanol–water partition coefficient (Wildman–Crippen LogP) is 2.67. The van der Waals surface area contributed by atoms with E-state index in [0.29, 0.717) is 5.56 Å². The number of aromatic nitrogens is 1. The molecule has 0 bridgehead atoms. The SMILES string of the molecule is CCNc1cc(C(=O)N2CCC[C@@H]2[C@@H]2CCCC[C@H]2O)ccn1. The molecule has 0 radical (unpaired) electrons. The van der Waals surface area contributed by atoms with Crippen LogP contribution in [0.15, 0.2) is 18.3 Å². The van der Waals surface area contributed by atoms with Gasteiger partial charge in [0.05, 0.1) is 6.10 Å². The largest absolute Gasteiger partial charge is 0.393 e. The van der Waals surface area contributed by atoms with Gasteiger partial charge in [0.2, 0.25) is 0 Å². The summed E-state index contributed by atoms with van der Waals surface area (Å²) in [6, 6.07) is 3.81. The molecule has 3 atom stereocenters. The first kappa shape index (κ1) is 16.2. The van der Waals surface area contributed by atoms with Crippen molar-refractivity contribution in [1.82, 2.24) is 9.88 Å². The molecule has 1 aromatic rings. The maximum atomic E-state index is 13.0. The van der Waals surface area contributed by atoms with E-state index in [1.54, 1.807) is 12.3 Å². The summed E-state index contributed by atoms with van der Waals surface area (Å²) in [5.74, 6) is 1.06. The van der Waals surface area contributed by atoms with Gasteiger partial charge in [-0.3, -0.25) is 4.79 Å². The maximum absolute atomic E-state index is 13.0. The van der Waals surface area contributed by atoms with E-state index in [1.807, 2.05) is 17.9 Å². The quantitative estimate of drug-likeness (QED) is 0.896. The van der Waals surface area contributed by atoms with Gasteiger partial charge in [-0.1, -0.05) is 12.8 Å². The molecule has 3 rings (SSSR count). The second kappa shape index (κ2) is 7.30. The van der Waals surface area contributed by atoms with E-state index in [0.717, 1.165) is 51.0 Å². The lowest BCUT2D eigenvalue weighted by atomic mass is 9.80. The third-order valence-corrected chi connectivity index (χ3v) is 5.20. The van der Waals surface area contributed by atoms with Gasteiger partial charge in [0.15, 0.2) is 0 Å². The van der Waals surface area contributed by atoms with Crippen LogP contribution in [-0.2, 0) is 0 Å². The van der Waals surface area contributed by atoms with E-state index in [-0.39, 0.29) is 24.0 Å². The van der Waals surface area contributed by atoms with Crippen molar-refractivity contribution in [3.05, 3.63) is 23.9 Å². The lowest BCUT2D eigenvalue weighted by Crippen LogP contribution is -2.45. The molecule has 1 aromatic heterocycles. The van der Waals surface area contributed by atoms with Crippen molar-refractivity contribution in [1.29, 1.82) is 0 Å². The molecule has 126 valence electrons. The fraction of sp³-hybridized carbons (Fsp3) is 0.667. The summed E-state index contributed by atoms with van der Waals surface area (Å²) >= 11 is 0. The van der Waals surface area contributed by atoms with Gasteiger partial charge < -0.3 is 15.3 Å². The highest BCUT2D eigenvalue weighted by atomic mass is 16.3. The van der Waals surface area contributed by atoms with Crippen molar-refractivity contribution in [3.63, 3.8) is 0 Å². The Kier molecular flexibility index (Phi) is 5.16. The van der Waals surface area contributed by atoms with Crippen LogP contribution in [0.2, 0.25) is 0 Å². The fourth-order valence-electron chi connectivity index (χ4n) is 4.09. The molecule has 23 heavy (non-hydrogen) atoms. The van der Waals surface area contributed by atoms with Crippen LogP contribution in [0.25, 0.3) is 0 Å². The first-order chi connectivity index (χ1) is 11.2. The van der Waals surface area contributed by atoms with E-state index < -0.39 is 0 Å². The summed E-state index contributed by atoms with van der Waals surface area (Å²) in [6.07, 6.45) is 7.67. The molecule has 1 saturated carbocycles. The van der Waals surface area contributed by atoms with Crippen LogP contribution in [0.1, 0.15) is 55.8 Å². The summed E-state index contributed by atoms with van der Waals surface area (Å²) in [7, 11) is 0. The third kappa shape index (κ3) is 3.50. The summed E-state index contributed by atoms with van der Waals surface area (Å²) < 4.78 is 0. The number of likely N-dealkylation sites (tertiary alicyclic amines) is 1. The predicted molar refractivity (Wildman–Crippen MR) is 90.4 cm³/mol. The van der Waals surface area contributed by atoms with E-state index in [9.17, 15) is 9.90 Å². The Morgan fingerprint density at radius 3 is 2.96 bits per heavy atom. The average molecular weight is 317 g/mol. The minimum atomic E-state index is -0.253. The Balaban J connectivity index is 1.76. The molecule has 5 heteroatoms. The first-order valence-electron chi connectivity index (χ1n) is 8.89. The monoisotopic (exact) mass is 317 g/mol. The van der Waals surface area contributed by atoms with Gasteiger partial charge >= 0.3 is 0 Å². The van der Waals surface area contributed by atoms with Gasteiger partial charge in [0, 0.05) is 36.8 Å². The number of amides is 1. The lowest BCUT2D eigenvalue weighted by molar-refractivity contribution is 0.0211. The third-order valence-electron chi connectivity index (χ3n) is 5.20. The molecule has 0 unspecified atom stereocenters. The molecule has 5 nitrogen and oxygen atoms in total. The number of nitrogens with zero attached hydrogens (tertiary/aromatic N) is 2. The van der Waals surface area contributed by atoms with E-state index in [1.165, 1.54) is 6.42 Å². The van der Waals surface area contributed by atoms with Crippen molar-refractivity contribution in [2.24, 2.45) is 5.92 Å². The number of hydrogen-bond donors (Lipinski definition) is 2. The Morgan fingerprint density at radius 1 is 1.35 bits per heavy atom. The van der Waals surface area contributed by atoms with Crippen LogP contribution in [0.3, 0.4) is 0 Å². The zero-order valence-corrected chi connectivity index (χ0v) is 13.9. The van der Waals surface area contributed by atoms with Crippen LogP contribution in [0.4, 0.5) is 5.82 Å². The summed E-state index contributed by atoms with van der Waals surface area (Å²) in [6.45, 7) is 3.59. The number of nitrogens with one attached hydrogen (secondary N) is 1. The molecule has 1 aliphatic heterocycles. The molecule has 1 amide bonds. The molecule has 2 aliphatic rings. The molecule has 0 aromatic carbocycles. The van der Waals surface area contributed by atoms with Gasteiger partial charge in [-0.25, -0.2) is 4.98 Å². The molecule has 2 fully saturated rings. The number of rotatable bonds is 4. The summed E-state index contributed by atoms with van der Waals surface area (Å²) in [4.78, 5) is 19.2. The number of carbonyl (C=O) groups is 1. The highest BCUT2D eigenvalue weighted by Gasteiger charge is 2.39. The second-order valence-electron chi connectivity index (χ2n) is 6.68. The molecular formula is C18H27N3O2. The second-order valence-corrected chi connectivity index (χ2v) is 6.68. The highest BCUT2D eigenvalue weighted by molar-refractivity contribution is 5.95. The van der Waals surface area contributed by atoms with Crippen molar-refractivity contribution in [2.75, 3.05) is 18.4 Å². The van der Waals surface area contributed by atoms with Crippen molar-refractivity contribution < 1.29 is 9.90 Å². The molecule has 1 saturated heterocycles. The average Bonchev–Trinajstić information content (AvgIpc) is 3.04. The summed E-state index contributed by atoms with van der Waals surface area (Å²) in [5.41, 5.74) is 0.688. The first-order valence-corrected chi connectivity index (χ1v) is 8.89. The molecular weight excluding hydrogens is 290 g/mol. The Hall–Kier alpha value is -1.62. The smallest absolute Gasteiger partial charge is 0.254 e. The van der Waals surface area contributed by atoms with Gasteiger partial charge in [-0.05, 0) is 44.7 Å². The summed E-state index contributed by atoms with van der Waals surface area (Å²) in [5, 5.41) is 13.5. The number of aliphatic hydroxyl groups excluding tert-OH is 1. The van der Waals surface area contributed by atoms with Crippen molar-refractivity contribution in [2.45, 2.75) is 57.6 Å². The van der Waals surface area contributed by atoms with Gasteiger partial charge in [0.1, 0.15) is 5.82 Å². The van der Waals surface area contributed by atoms with Crippen LogP contribution in [-0.4, -0.2) is 46.1 Å². The van der Waals surface area contributed by atoms with Gasteiger partial charge in [0.25, 0.3) is 5.91 Å². The number of anilines is 1. The Bertz CT molecular complexity index is 549. The standard InChI is InChI=1S/C18H27N3O2/c1-2-19-17-12-13(9-10-20-17)18(23)21-11-5-7-15(21)14-6-3-4-8-16(14)22/h9-10,12,14-16,22H,2-8,11H2,1H3,(H,19,20)/t14-,15+,16+/m0/s1. The number of aliphatic hydroxyl groups is 1. The zero-order chi connectivity index (χ0) is 16.2. The molecule has 2 heterocycles. The molecule has 2 N–H and O–H groups in total. The number of pyridine rings is 1. The van der Waals surface area contributed by atoms with Gasteiger partial charge in [-0.15, -0.1) is 0 Å². The normalized spacial score (nSPS) is 27.9. The van der Waals surface area contributed by atoms with Crippen LogP contribution >= 0.6 is 0 Å². The maximum Gasteiger partial charge on any atom is 0.254 e. The van der Waals surface area contributed by atoms with Crippen molar-refractivity contribution >= 4 is 11.7 Å². The molecule has 1 aliphatic carbocycles. The fourth-order valence-corrected chi connectivity index (χ4v) is 4.09. The van der Waals surface area contributed by atoms with Gasteiger partial charge in [-0.2, -0.15) is 0 Å². The van der Waals surface area contributed by atoms with Crippen LogP contribution < -0.4 is 5.32 Å². The van der Waals surface area contributed by atoms with E-state index >= 15 is 0 Å². The zero-order valence-electron chi connectivity index (χ0n) is 13.9. The van der Waals surface area contributed by atoms with Crippen molar-refractivity contribution in [3.8, 4) is 0 Å². The van der Waals surface area contributed by atoms with E-state index in [2.05, 4.69) is 10.3 Å². The Morgan fingerprint density at radius 2 is 2.17 bits per heavy atom. The number of hydrogen-bond acceptors (Lipinski definition) is 4. The van der Waals surface area contributed by atoms with Crippen LogP contribution in [0, 0.1) is 5.92 Å². The Labute approximate surface area is 138 Å². The van der Waals surface area contributed by atoms with Crippen LogP contribution in [0.5, 0.6) is 0 Å². The number of carbonyl (C=O) groups excluding carboxylic acids is 1.